The fourth-order valence-corrected chi connectivity index (χ4v) is 2.87. The van der Waals surface area contributed by atoms with Crippen LogP contribution in [0.15, 0.2) is 34.3 Å². The molecule has 0 saturated carbocycles. The lowest BCUT2D eigenvalue weighted by Gasteiger charge is -1.87. The van der Waals surface area contributed by atoms with Crippen molar-refractivity contribution >= 4 is 44.7 Å². The Morgan fingerprint density at radius 3 is 2.93 bits per heavy atom. The lowest BCUT2D eigenvalue weighted by Crippen LogP contribution is -1.64. The number of hydrogen-bond donors (Lipinski definition) is 0. The number of rotatable bonds is 3. The molecule has 0 spiro atoms. The summed E-state index contributed by atoms with van der Waals surface area (Å²) >= 11 is 6.90. The topological polar surface area (TPSA) is 0 Å². The summed E-state index contributed by atoms with van der Waals surface area (Å²) in [5.41, 5.74) is 2.65. The van der Waals surface area contributed by atoms with Crippen LogP contribution >= 0.6 is 38.6 Å². The van der Waals surface area contributed by atoms with Gasteiger partial charge in [0.05, 0.1) is 0 Å². The number of thiophene rings is 2. The zero-order chi connectivity index (χ0) is 9.80. The Bertz CT molecular complexity index is 412. The van der Waals surface area contributed by atoms with E-state index in [4.69, 9.17) is 0 Å². The van der Waals surface area contributed by atoms with Gasteiger partial charge in [-0.25, -0.2) is 0 Å². The van der Waals surface area contributed by atoms with E-state index >= 15 is 0 Å². The van der Waals surface area contributed by atoms with Crippen LogP contribution < -0.4 is 0 Å². The van der Waals surface area contributed by atoms with E-state index < -0.39 is 0 Å². The molecule has 2 aromatic heterocycles. The maximum absolute atomic E-state index is 3.37. The Morgan fingerprint density at radius 1 is 1.29 bits per heavy atom. The van der Waals surface area contributed by atoms with Crippen molar-refractivity contribution < 1.29 is 0 Å². The first-order valence-corrected chi connectivity index (χ1v) is 7.18. The monoisotopic (exact) mass is 284 g/mol. The van der Waals surface area contributed by atoms with Crippen LogP contribution in [0.1, 0.15) is 4.88 Å². The third-order valence-corrected chi connectivity index (χ3v) is 3.80. The number of hydrogen-bond acceptors (Lipinski definition) is 2. The molecule has 0 fully saturated rings. The molecule has 0 unspecified atom stereocenters. The summed E-state index contributed by atoms with van der Waals surface area (Å²) in [6.45, 7) is 0. The molecule has 14 heavy (non-hydrogen) atoms. The van der Waals surface area contributed by atoms with Crippen molar-refractivity contribution in [3.8, 4) is 11.1 Å². The van der Waals surface area contributed by atoms with E-state index in [1.807, 2.05) is 0 Å². The molecule has 0 aliphatic rings. The first-order chi connectivity index (χ1) is 6.90. The normalized spacial score (nSPS) is 11.2. The van der Waals surface area contributed by atoms with Gasteiger partial charge in [0.2, 0.25) is 0 Å². The second kappa shape index (κ2) is 4.91. The minimum absolute atomic E-state index is 0.915. The van der Waals surface area contributed by atoms with Crippen molar-refractivity contribution in [1.29, 1.82) is 0 Å². The molecule has 0 aromatic carbocycles. The van der Waals surface area contributed by atoms with Gasteiger partial charge in [-0.05, 0) is 45.5 Å². The van der Waals surface area contributed by atoms with E-state index in [2.05, 4.69) is 56.4 Å². The van der Waals surface area contributed by atoms with Crippen LogP contribution in [0.3, 0.4) is 0 Å². The highest BCUT2D eigenvalue weighted by Gasteiger charge is 2.00. The van der Waals surface area contributed by atoms with Crippen LogP contribution in [-0.2, 0) is 0 Å². The van der Waals surface area contributed by atoms with Crippen molar-refractivity contribution in [3.63, 3.8) is 0 Å². The average Bonchev–Trinajstić information content (AvgIpc) is 2.85. The summed E-state index contributed by atoms with van der Waals surface area (Å²) in [5, 5.41) is 7.41. The van der Waals surface area contributed by atoms with Gasteiger partial charge in [-0.3, -0.25) is 0 Å². The molecule has 2 heterocycles. The summed E-state index contributed by atoms with van der Waals surface area (Å²) in [5.74, 6) is 0. The summed E-state index contributed by atoms with van der Waals surface area (Å²) in [7, 11) is 0. The molecule has 0 N–H and O–H groups in total. The zero-order valence-electron chi connectivity index (χ0n) is 7.44. The third-order valence-electron chi connectivity index (χ3n) is 1.85. The lowest BCUT2D eigenvalue weighted by atomic mass is 10.2. The Hall–Kier alpha value is -0.380. The molecule has 0 aliphatic heterocycles. The molecule has 0 nitrogen and oxygen atoms in total. The molecule has 2 rings (SSSR count). The predicted octanol–water partition coefficient (Wildman–Crippen LogP) is 4.88. The van der Waals surface area contributed by atoms with Gasteiger partial charge in [-0.1, -0.05) is 22.0 Å². The smallest absolute Gasteiger partial charge is 0.0273 e. The largest absolute Gasteiger partial charge is 0.152 e. The van der Waals surface area contributed by atoms with E-state index in [1.54, 1.807) is 22.7 Å². The van der Waals surface area contributed by atoms with Gasteiger partial charge in [0.25, 0.3) is 0 Å². The van der Waals surface area contributed by atoms with Gasteiger partial charge >= 0.3 is 0 Å². The van der Waals surface area contributed by atoms with Gasteiger partial charge in [0.1, 0.15) is 0 Å². The van der Waals surface area contributed by atoms with Crippen LogP contribution in [0.25, 0.3) is 17.2 Å². The van der Waals surface area contributed by atoms with Gasteiger partial charge in [-0.2, -0.15) is 11.3 Å². The molecule has 0 aliphatic carbocycles. The summed E-state index contributed by atoms with van der Waals surface area (Å²) in [6, 6.07) is 4.39. The molecule has 0 atom stereocenters. The molecule has 72 valence electrons. The number of allylic oxidation sites excluding steroid dienone is 1. The summed E-state index contributed by atoms with van der Waals surface area (Å²) < 4.78 is 0. The van der Waals surface area contributed by atoms with E-state index in [9.17, 15) is 0 Å². The summed E-state index contributed by atoms with van der Waals surface area (Å²) in [4.78, 5) is 1.31. The van der Waals surface area contributed by atoms with Gasteiger partial charge in [-0.15, -0.1) is 11.3 Å². The highest BCUT2D eigenvalue weighted by atomic mass is 79.9. The SMILES string of the molecule is BrCC=Cc1cc(-c2ccsc2)cs1. The molecule has 2 aromatic rings. The van der Waals surface area contributed by atoms with Crippen molar-refractivity contribution in [1.82, 2.24) is 0 Å². The van der Waals surface area contributed by atoms with Crippen LogP contribution in [0, 0.1) is 0 Å². The second-order valence-corrected chi connectivity index (χ2v) is 5.18. The third kappa shape index (κ3) is 2.35. The highest BCUT2D eigenvalue weighted by molar-refractivity contribution is 9.09. The van der Waals surface area contributed by atoms with E-state index in [0.717, 1.165) is 5.33 Å². The predicted molar refractivity (Wildman–Crippen MR) is 70.5 cm³/mol. The fraction of sp³-hybridized carbons (Fsp3) is 0.0909. The minimum Gasteiger partial charge on any atom is -0.152 e. The Kier molecular flexibility index (Phi) is 3.56. The van der Waals surface area contributed by atoms with E-state index in [0.29, 0.717) is 0 Å². The van der Waals surface area contributed by atoms with E-state index in [-0.39, 0.29) is 0 Å². The van der Waals surface area contributed by atoms with Crippen molar-refractivity contribution in [2.75, 3.05) is 5.33 Å². The molecular weight excluding hydrogens is 276 g/mol. The zero-order valence-corrected chi connectivity index (χ0v) is 10.7. The van der Waals surface area contributed by atoms with Crippen LogP contribution in [0.4, 0.5) is 0 Å². The number of halogens is 1. The maximum atomic E-state index is 3.37. The lowest BCUT2D eigenvalue weighted by molar-refractivity contribution is 1.80. The summed E-state index contributed by atoms with van der Waals surface area (Å²) in [6.07, 6.45) is 4.26. The van der Waals surface area contributed by atoms with E-state index in [1.165, 1.54) is 16.0 Å². The quantitative estimate of drug-likeness (QED) is 0.705. The molecule has 3 heteroatoms. The first kappa shape index (κ1) is 10.1. The maximum Gasteiger partial charge on any atom is 0.0273 e. The average molecular weight is 285 g/mol. The van der Waals surface area contributed by atoms with Crippen molar-refractivity contribution in [2.24, 2.45) is 0 Å². The fourth-order valence-electron chi connectivity index (χ4n) is 1.18. The van der Waals surface area contributed by atoms with Gasteiger partial charge in [0.15, 0.2) is 0 Å². The molecular formula is C11H9BrS2. The first-order valence-electron chi connectivity index (χ1n) is 4.24. The molecule has 0 amide bonds. The Balaban J connectivity index is 2.22. The van der Waals surface area contributed by atoms with Gasteiger partial charge < -0.3 is 0 Å². The molecule has 0 saturated heterocycles. The molecule has 0 bridgehead atoms. The van der Waals surface area contributed by atoms with Gasteiger partial charge in [0, 0.05) is 10.2 Å². The number of alkyl halides is 1. The Labute approximate surface area is 100 Å². The highest BCUT2D eigenvalue weighted by Crippen LogP contribution is 2.27. The van der Waals surface area contributed by atoms with Crippen LogP contribution in [0.5, 0.6) is 0 Å². The minimum atomic E-state index is 0.915. The standard InChI is InChI=1S/C11H9BrS2/c12-4-1-2-11-6-10(8-14-11)9-3-5-13-7-9/h1-3,5-8H,4H2. The van der Waals surface area contributed by atoms with Crippen LogP contribution in [-0.4, -0.2) is 5.33 Å². The Morgan fingerprint density at radius 2 is 2.21 bits per heavy atom. The second-order valence-electron chi connectivity index (χ2n) is 2.81. The van der Waals surface area contributed by atoms with Crippen molar-refractivity contribution in [2.45, 2.75) is 0 Å². The molecule has 0 radical (unpaired) electrons. The van der Waals surface area contributed by atoms with Crippen molar-refractivity contribution in [3.05, 3.63) is 39.2 Å². The van der Waals surface area contributed by atoms with Crippen LogP contribution in [0.2, 0.25) is 0 Å².